The SMILES string of the molecule is CSCC(C)Nc1ccc2c(n1)CCC2. The van der Waals surface area contributed by atoms with Crippen molar-refractivity contribution in [3.8, 4) is 0 Å². The van der Waals surface area contributed by atoms with Gasteiger partial charge in [-0.15, -0.1) is 0 Å². The molecule has 1 aromatic rings. The van der Waals surface area contributed by atoms with Crippen LogP contribution in [0.25, 0.3) is 0 Å². The molecule has 0 saturated carbocycles. The Kier molecular flexibility index (Phi) is 3.52. The van der Waals surface area contributed by atoms with E-state index in [2.05, 4.69) is 35.6 Å². The Morgan fingerprint density at radius 2 is 2.33 bits per heavy atom. The molecule has 0 aromatic carbocycles. The number of nitrogens with one attached hydrogen (secondary N) is 1. The Hall–Kier alpha value is -0.700. The number of thioether (sulfide) groups is 1. The van der Waals surface area contributed by atoms with Gasteiger partial charge in [0, 0.05) is 17.5 Å². The van der Waals surface area contributed by atoms with Crippen LogP contribution in [0, 0.1) is 0 Å². The fraction of sp³-hybridized carbons (Fsp3) is 0.583. The minimum atomic E-state index is 0.493. The van der Waals surface area contributed by atoms with E-state index in [9.17, 15) is 0 Å². The van der Waals surface area contributed by atoms with E-state index in [1.807, 2.05) is 11.8 Å². The second-order valence-electron chi connectivity index (χ2n) is 4.16. The van der Waals surface area contributed by atoms with Crippen LogP contribution in [0.2, 0.25) is 0 Å². The molecule has 0 aliphatic heterocycles. The molecule has 0 radical (unpaired) electrons. The summed E-state index contributed by atoms with van der Waals surface area (Å²) in [4.78, 5) is 4.66. The van der Waals surface area contributed by atoms with Crippen LogP contribution in [0.15, 0.2) is 12.1 Å². The summed E-state index contributed by atoms with van der Waals surface area (Å²) in [5, 5.41) is 3.44. The number of aromatic nitrogens is 1. The molecule has 1 aliphatic carbocycles. The van der Waals surface area contributed by atoms with E-state index < -0.39 is 0 Å². The quantitative estimate of drug-likeness (QED) is 0.848. The van der Waals surface area contributed by atoms with Crippen LogP contribution in [-0.2, 0) is 12.8 Å². The van der Waals surface area contributed by atoms with Crippen molar-refractivity contribution in [3.05, 3.63) is 23.4 Å². The number of fused-ring (bicyclic) bond motifs is 1. The van der Waals surface area contributed by atoms with Gasteiger partial charge in [0.05, 0.1) is 0 Å². The van der Waals surface area contributed by atoms with Gasteiger partial charge in [-0.25, -0.2) is 4.98 Å². The summed E-state index contributed by atoms with van der Waals surface area (Å²) in [6.07, 6.45) is 5.77. The normalized spacial score (nSPS) is 16.1. The number of nitrogens with zero attached hydrogens (tertiary/aromatic N) is 1. The van der Waals surface area contributed by atoms with Crippen LogP contribution < -0.4 is 5.32 Å². The van der Waals surface area contributed by atoms with E-state index in [1.54, 1.807) is 0 Å². The molecule has 0 fully saturated rings. The van der Waals surface area contributed by atoms with Crippen LogP contribution in [-0.4, -0.2) is 23.0 Å². The average molecular weight is 222 g/mol. The lowest BCUT2D eigenvalue weighted by molar-refractivity contribution is 0.885. The highest BCUT2D eigenvalue weighted by Crippen LogP contribution is 2.21. The van der Waals surface area contributed by atoms with E-state index in [0.717, 1.165) is 18.0 Å². The number of pyridine rings is 1. The molecule has 15 heavy (non-hydrogen) atoms. The van der Waals surface area contributed by atoms with Gasteiger partial charge in [0.25, 0.3) is 0 Å². The molecule has 1 heterocycles. The molecule has 0 amide bonds. The monoisotopic (exact) mass is 222 g/mol. The number of aryl methyl sites for hydroxylation is 2. The van der Waals surface area contributed by atoms with E-state index in [0.29, 0.717) is 6.04 Å². The maximum Gasteiger partial charge on any atom is 0.126 e. The fourth-order valence-electron chi connectivity index (χ4n) is 2.05. The molecule has 0 saturated heterocycles. The summed E-state index contributed by atoms with van der Waals surface area (Å²) in [6.45, 7) is 2.20. The number of rotatable bonds is 4. The van der Waals surface area contributed by atoms with Crippen LogP contribution in [0.5, 0.6) is 0 Å². The maximum atomic E-state index is 4.66. The fourth-order valence-corrected chi connectivity index (χ4v) is 2.63. The zero-order chi connectivity index (χ0) is 10.7. The van der Waals surface area contributed by atoms with Crippen LogP contribution in [0.3, 0.4) is 0 Å². The smallest absolute Gasteiger partial charge is 0.126 e. The summed E-state index contributed by atoms with van der Waals surface area (Å²) in [5.74, 6) is 2.16. The molecule has 1 aromatic heterocycles. The molecule has 0 spiro atoms. The summed E-state index contributed by atoms with van der Waals surface area (Å²) >= 11 is 1.86. The lowest BCUT2D eigenvalue weighted by atomic mass is 10.2. The first-order valence-corrected chi connectivity index (χ1v) is 6.93. The molecule has 82 valence electrons. The Bertz CT molecular complexity index is 338. The van der Waals surface area contributed by atoms with Gasteiger partial charge in [-0.05, 0) is 44.1 Å². The van der Waals surface area contributed by atoms with Crippen LogP contribution >= 0.6 is 11.8 Å². The van der Waals surface area contributed by atoms with E-state index in [-0.39, 0.29) is 0 Å². The average Bonchev–Trinajstić information content (AvgIpc) is 2.65. The van der Waals surface area contributed by atoms with Crippen molar-refractivity contribution in [2.75, 3.05) is 17.3 Å². The first-order valence-electron chi connectivity index (χ1n) is 5.54. The predicted octanol–water partition coefficient (Wildman–Crippen LogP) is 2.73. The topological polar surface area (TPSA) is 24.9 Å². The van der Waals surface area contributed by atoms with Gasteiger partial charge in [-0.3, -0.25) is 0 Å². The van der Waals surface area contributed by atoms with E-state index in [1.165, 1.54) is 24.1 Å². The third-order valence-corrected chi connectivity index (χ3v) is 3.57. The van der Waals surface area contributed by atoms with Crippen molar-refractivity contribution in [1.29, 1.82) is 0 Å². The van der Waals surface area contributed by atoms with Gasteiger partial charge in [-0.2, -0.15) is 11.8 Å². The number of hydrogen-bond acceptors (Lipinski definition) is 3. The Morgan fingerprint density at radius 3 is 3.13 bits per heavy atom. The van der Waals surface area contributed by atoms with Gasteiger partial charge in [-0.1, -0.05) is 6.07 Å². The number of hydrogen-bond donors (Lipinski definition) is 1. The van der Waals surface area contributed by atoms with Gasteiger partial charge in [0.2, 0.25) is 0 Å². The minimum Gasteiger partial charge on any atom is -0.367 e. The van der Waals surface area contributed by atoms with E-state index in [4.69, 9.17) is 0 Å². The minimum absolute atomic E-state index is 0.493. The van der Waals surface area contributed by atoms with Crippen molar-refractivity contribution in [2.24, 2.45) is 0 Å². The Balaban J connectivity index is 2.03. The highest BCUT2D eigenvalue weighted by molar-refractivity contribution is 7.98. The summed E-state index contributed by atoms with van der Waals surface area (Å²) < 4.78 is 0. The Labute approximate surface area is 95.9 Å². The van der Waals surface area contributed by atoms with Gasteiger partial charge >= 0.3 is 0 Å². The standard InChI is InChI=1S/C12H18N2S/c1-9(8-15-2)13-12-7-6-10-4-3-5-11(10)14-12/h6-7,9H,3-5,8H2,1-2H3,(H,13,14). The van der Waals surface area contributed by atoms with Crippen molar-refractivity contribution in [2.45, 2.75) is 32.2 Å². The molecule has 2 rings (SSSR count). The molecule has 1 atom stereocenters. The Morgan fingerprint density at radius 1 is 1.47 bits per heavy atom. The molecule has 1 unspecified atom stereocenters. The van der Waals surface area contributed by atoms with E-state index >= 15 is 0 Å². The van der Waals surface area contributed by atoms with Gasteiger partial charge < -0.3 is 5.32 Å². The van der Waals surface area contributed by atoms with Gasteiger partial charge in [0.15, 0.2) is 0 Å². The third-order valence-electron chi connectivity index (χ3n) is 2.74. The molecule has 2 nitrogen and oxygen atoms in total. The third kappa shape index (κ3) is 2.65. The molecular weight excluding hydrogens is 204 g/mol. The lowest BCUT2D eigenvalue weighted by Gasteiger charge is -2.13. The molecule has 1 N–H and O–H groups in total. The lowest BCUT2D eigenvalue weighted by Crippen LogP contribution is -2.18. The summed E-state index contributed by atoms with van der Waals surface area (Å²) in [5.41, 5.74) is 2.74. The van der Waals surface area contributed by atoms with Crippen molar-refractivity contribution in [1.82, 2.24) is 4.98 Å². The summed E-state index contributed by atoms with van der Waals surface area (Å²) in [6, 6.07) is 4.83. The zero-order valence-corrected chi connectivity index (χ0v) is 10.2. The predicted molar refractivity (Wildman–Crippen MR) is 67.7 cm³/mol. The molecule has 3 heteroatoms. The summed E-state index contributed by atoms with van der Waals surface area (Å²) in [7, 11) is 0. The molecule has 0 bridgehead atoms. The maximum absolute atomic E-state index is 4.66. The second kappa shape index (κ2) is 4.88. The zero-order valence-electron chi connectivity index (χ0n) is 9.42. The highest BCUT2D eigenvalue weighted by atomic mass is 32.2. The van der Waals surface area contributed by atoms with Gasteiger partial charge in [0.1, 0.15) is 5.82 Å². The van der Waals surface area contributed by atoms with Crippen molar-refractivity contribution in [3.63, 3.8) is 0 Å². The van der Waals surface area contributed by atoms with Crippen LogP contribution in [0.4, 0.5) is 5.82 Å². The van der Waals surface area contributed by atoms with Crippen molar-refractivity contribution >= 4 is 17.6 Å². The largest absolute Gasteiger partial charge is 0.367 e. The molecule has 1 aliphatic rings. The first-order chi connectivity index (χ1) is 7.29. The first kappa shape index (κ1) is 10.8. The number of anilines is 1. The second-order valence-corrected chi connectivity index (χ2v) is 5.07. The van der Waals surface area contributed by atoms with Crippen LogP contribution in [0.1, 0.15) is 24.6 Å². The van der Waals surface area contributed by atoms with Crippen molar-refractivity contribution < 1.29 is 0 Å². The highest BCUT2D eigenvalue weighted by Gasteiger charge is 2.12. The molecular formula is C12H18N2S.